The van der Waals surface area contributed by atoms with Crippen molar-refractivity contribution in [2.75, 3.05) is 11.4 Å². The van der Waals surface area contributed by atoms with Crippen LogP contribution in [0.4, 0.5) is 17.1 Å². The predicted octanol–water partition coefficient (Wildman–Crippen LogP) is 4.65. The molecule has 5 aromatic rings. The first-order valence-electron chi connectivity index (χ1n) is 13.1. The highest BCUT2D eigenvalue weighted by atomic mass is 16.3. The Morgan fingerprint density at radius 3 is 2.40 bits per heavy atom. The van der Waals surface area contributed by atoms with Gasteiger partial charge in [0, 0.05) is 24.1 Å². The molecule has 1 aliphatic rings. The zero-order valence-corrected chi connectivity index (χ0v) is 21.8. The number of aliphatic imine (C=N–C) groups is 1. The van der Waals surface area contributed by atoms with Crippen LogP contribution < -0.4 is 21.0 Å². The van der Waals surface area contributed by atoms with E-state index in [1.165, 1.54) is 22.4 Å². The highest BCUT2D eigenvalue weighted by Crippen LogP contribution is 2.35. The van der Waals surface area contributed by atoms with Crippen molar-refractivity contribution in [2.24, 2.45) is 4.99 Å². The molecule has 0 unspecified atom stereocenters. The Labute approximate surface area is 230 Å². The number of para-hydroxylation sites is 1. The number of nitrogens with zero attached hydrogens (tertiary/aromatic N) is 3. The van der Waals surface area contributed by atoms with Crippen molar-refractivity contribution in [2.45, 2.75) is 12.8 Å². The van der Waals surface area contributed by atoms with Crippen molar-refractivity contribution in [3.05, 3.63) is 129 Å². The normalized spacial score (nSPS) is 13.6. The van der Waals surface area contributed by atoms with Crippen molar-refractivity contribution < 1.29 is 10.2 Å². The van der Waals surface area contributed by atoms with Gasteiger partial charge in [0.2, 0.25) is 0 Å². The monoisotopic (exact) mass is 528 g/mol. The van der Waals surface area contributed by atoms with E-state index < -0.39 is 0 Å². The van der Waals surface area contributed by atoms with Gasteiger partial charge in [0.25, 0.3) is 5.56 Å². The van der Waals surface area contributed by atoms with Gasteiger partial charge >= 0.3 is 0 Å². The zero-order chi connectivity index (χ0) is 27.6. The number of aromatic hydroxyl groups is 2. The number of phenols is 2. The van der Waals surface area contributed by atoms with Crippen molar-refractivity contribution in [3.8, 4) is 17.2 Å². The zero-order valence-electron chi connectivity index (χ0n) is 21.8. The van der Waals surface area contributed by atoms with Crippen LogP contribution in [0.1, 0.15) is 23.1 Å². The number of aromatic amines is 1. The molecular formula is C33H28N4O3. The maximum atomic E-state index is 13.1. The number of hydrogen-bond acceptors (Lipinski definition) is 5. The van der Waals surface area contributed by atoms with Crippen molar-refractivity contribution >= 4 is 35.9 Å². The Morgan fingerprint density at radius 2 is 1.62 bits per heavy atom. The number of aromatic nitrogens is 2. The molecule has 1 aliphatic heterocycles. The summed E-state index contributed by atoms with van der Waals surface area (Å²) in [6.07, 6.45) is 5.54. The predicted molar refractivity (Wildman–Crippen MR) is 160 cm³/mol. The molecule has 6 rings (SSSR count). The number of hydrogen-bond donors (Lipinski definition) is 3. The quantitative estimate of drug-likeness (QED) is 0.229. The number of aryl methyl sites for hydroxylation is 1. The summed E-state index contributed by atoms with van der Waals surface area (Å²) < 4.78 is 1.52. The molecule has 0 amide bonds. The third-order valence-corrected chi connectivity index (χ3v) is 7.08. The largest absolute Gasteiger partial charge is 0.504 e. The van der Waals surface area contributed by atoms with E-state index in [0.29, 0.717) is 16.1 Å². The van der Waals surface area contributed by atoms with Crippen LogP contribution in [0.5, 0.6) is 11.5 Å². The minimum Gasteiger partial charge on any atom is -0.504 e. The van der Waals surface area contributed by atoms with Gasteiger partial charge in [-0.15, -0.1) is 0 Å². The second kappa shape index (κ2) is 10.5. The second-order valence-corrected chi connectivity index (χ2v) is 9.79. The summed E-state index contributed by atoms with van der Waals surface area (Å²) in [4.78, 5) is 19.9. The Morgan fingerprint density at radius 1 is 0.850 bits per heavy atom. The molecule has 3 N–H and O–H groups in total. The number of nitrogens with one attached hydrogen (secondary N) is 1. The molecule has 0 fully saturated rings. The first kappa shape index (κ1) is 25.0. The number of rotatable bonds is 5. The first-order valence-corrected chi connectivity index (χ1v) is 13.1. The summed E-state index contributed by atoms with van der Waals surface area (Å²) in [6, 6.07) is 28.4. The standard InChI is InChI=1S/C33H28N4O3/c1-22-29(33(40)37(35-22)28-7-3-2-4-8-28)19-23-9-15-30-25(18-23)6-5-17-36(30)27-13-11-26(12-14-27)34-21-24-10-16-31(38)32(39)20-24/h2-4,7-16,18-21,35,38-39H,1,5-6,17H2/b29-19-,34-21?. The number of anilines is 2. The molecule has 198 valence electrons. The van der Waals surface area contributed by atoms with Gasteiger partial charge in [-0.3, -0.25) is 14.9 Å². The lowest BCUT2D eigenvalue weighted by molar-refractivity contribution is 0.403. The fourth-order valence-corrected chi connectivity index (χ4v) is 5.03. The summed E-state index contributed by atoms with van der Waals surface area (Å²) in [6.45, 7) is 4.97. The Balaban J connectivity index is 1.25. The van der Waals surface area contributed by atoms with Crippen molar-refractivity contribution in [1.82, 2.24) is 9.78 Å². The third kappa shape index (κ3) is 4.92. The highest BCUT2D eigenvalue weighted by molar-refractivity contribution is 5.83. The van der Waals surface area contributed by atoms with E-state index in [9.17, 15) is 15.0 Å². The fraction of sp³-hybridized carbons (Fsp3) is 0.0909. The van der Waals surface area contributed by atoms with Gasteiger partial charge < -0.3 is 15.1 Å². The SMILES string of the molecule is C=c1[nH]n(-c2ccccc2)c(=O)/c1=C\c1ccc2c(c1)CCCN2c1ccc(N=Cc2ccc(O)c(O)c2)cc1. The molecular weight excluding hydrogens is 500 g/mol. The smallest absolute Gasteiger partial charge is 0.279 e. The van der Waals surface area contributed by atoms with E-state index in [1.807, 2.05) is 54.6 Å². The van der Waals surface area contributed by atoms with Crippen molar-refractivity contribution in [3.63, 3.8) is 0 Å². The molecule has 0 saturated carbocycles. The minimum atomic E-state index is -0.173. The van der Waals surface area contributed by atoms with E-state index in [-0.39, 0.29) is 17.1 Å². The molecule has 0 aliphatic carbocycles. The lowest BCUT2D eigenvalue weighted by Crippen LogP contribution is -2.34. The molecule has 1 aromatic heterocycles. The van der Waals surface area contributed by atoms with E-state index in [2.05, 4.69) is 45.8 Å². The van der Waals surface area contributed by atoms with E-state index in [4.69, 9.17) is 0 Å². The van der Waals surface area contributed by atoms with Gasteiger partial charge in [0.05, 0.1) is 21.9 Å². The van der Waals surface area contributed by atoms with Crippen molar-refractivity contribution in [1.29, 1.82) is 0 Å². The number of benzene rings is 4. The topological polar surface area (TPSA) is 93.9 Å². The van der Waals surface area contributed by atoms with Gasteiger partial charge in [0.15, 0.2) is 11.5 Å². The van der Waals surface area contributed by atoms with E-state index in [0.717, 1.165) is 47.7 Å². The lowest BCUT2D eigenvalue weighted by atomic mass is 9.98. The molecule has 0 bridgehead atoms. The van der Waals surface area contributed by atoms with Crippen LogP contribution in [0.25, 0.3) is 18.3 Å². The third-order valence-electron chi connectivity index (χ3n) is 7.08. The molecule has 0 radical (unpaired) electrons. The van der Waals surface area contributed by atoms with Crippen LogP contribution >= 0.6 is 0 Å². The van der Waals surface area contributed by atoms with Gasteiger partial charge in [-0.2, -0.15) is 0 Å². The van der Waals surface area contributed by atoms with Crippen LogP contribution in [0.3, 0.4) is 0 Å². The molecule has 7 nitrogen and oxygen atoms in total. The van der Waals surface area contributed by atoms with Crippen LogP contribution in [0.15, 0.2) is 101 Å². The fourth-order valence-electron chi connectivity index (χ4n) is 5.03. The Hall–Kier alpha value is -5.30. The summed E-state index contributed by atoms with van der Waals surface area (Å²) in [5.74, 6) is -0.329. The Kier molecular flexibility index (Phi) is 6.54. The van der Waals surface area contributed by atoms with Crippen LogP contribution in [0, 0.1) is 0 Å². The maximum Gasteiger partial charge on any atom is 0.279 e. The minimum absolute atomic E-state index is 0.125. The molecule has 40 heavy (non-hydrogen) atoms. The second-order valence-electron chi connectivity index (χ2n) is 9.79. The van der Waals surface area contributed by atoms with Crippen LogP contribution in [-0.2, 0) is 6.42 Å². The summed E-state index contributed by atoms with van der Waals surface area (Å²) in [5.41, 5.74) is 6.57. The van der Waals surface area contributed by atoms with Gasteiger partial charge in [-0.1, -0.05) is 30.8 Å². The molecule has 7 heteroatoms. The number of phenolic OH excluding ortho intramolecular Hbond substituents is 2. The van der Waals surface area contributed by atoms with E-state index >= 15 is 0 Å². The molecule has 0 atom stereocenters. The molecule has 4 aromatic carbocycles. The average molecular weight is 529 g/mol. The maximum absolute atomic E-state index is 13.1. The van der Waals surface area contributed by atoms with Crippen LogP contribution in [0.2, 0.25) is 0 Å². The lowest BCUT2D eigenvalue weighted by Gasteiger charge is -2.31. The number of H-pyrrole nitrogens is 1. The molecule has 0 spiro atoms. The molecule has 2 heterocycles. The first-order chi connectivity index (χ1) is 19.5. The highest BCUT2D eigenvalue weighted by Gasteiger charge is 2.18. The van der Waals surface area contributed by atoms with Crippen LogP contribution in [-0.4, -0.2) is 32.8 Å². The van der Waals surface area contributed by atoms with Gasteiger partial charge in [-0.25, -0.2) is 4.68 Å². The van der Waals surface area contributed by atoms with Gasteiger partial charge in [0.1, 0.15) is 0 Å². The van der Waals surface area contributed by atoms with E-state index in [1.54, 1.807) is 12.3 Å². The summed E-state index contributed by atoms with van der Waals surface area (Å²) in [5, 5.41) is 23.4. The summed E-state index contributed by atoms with van der Waals surface area (Å²) in [7, 11) is 0. The number of fused-ring (bicyclic) bond motifs is 1. The molecule has 0 saturated heterocycles. The summed E-state index contributed by atoms with van der Waals surface area (Å²) >= 11 is 0. The average Bonchev–Trinajstić information content (AvgIpc) is 3.26. The van der Waals surface area contributed by atoms with Gasteiger partial charge in [-0.05, 0) is 102 Å². The Bertz CT molecular complexity index is 1890.